The van der Waals surface area contributed by atoms with Crippen LogP contribution in [0.4, 0.5) is 0 Å². The summed E-state index contributed by atoms with van der Waals surface area (Å²) in [5.74, 6) is 3.30. The number of ether oxygens (including phenoxy) is 1. The SMILES string of the molecule is NC(=S)c1ccccc1OCCN1CCCSCC1. The molecule has 5 heteroatoms. The third-order valence-corrected chi connectivity index (χ3v) is 4.40. The number of benzene rings is 1. The Morgan fingerprint density at radius 2 is 2.16 bits per heavy atom. The quantitative estimate of drug-likeness (QED) is 0.843. The van der Waals surface area contributed by atoms with Crippen LogP contribution in [-0.2, 0) is 0 Å². The van der Waals surface area contributed by atoms with Crippen LogP contribution < -0.4 is 10.5 Å². The highest BCUT2D eigenvalue weighted by molar-refractivity contribution is 7.99. The molecule has 19 heavy (non-hydrogen) atoms. The van der Waals surface area contributed by atoms with Gasteiger partial charge in [-0.05, 0) is 30.9 Å². The summed E-state index contributed by atoms with van der Waals surface area (Å²) in [6.45, 7) is 3.98. The molecule has 1 saturated heterocycles. The van der Waals surface area contributed by atoms with E-state index in [9.17, 15) is 0 Å². The van der Waals surface area contributed by atoms with Gasteiger partial charge in [-0.15, -0.1) is 0 Å². The molecule has 1 heterocycles. The zero-order valence-corrected chi connectivity index (χ0v) is 12.6. The molecule has 3 nitrogen and oxygen atoms in total. The first kappa shape index (κ1) is 14.6. The van der Waals surface area contributed by atoms with Crippen molar-refractivity contribution >= 4 is 29.0 Å². The average Bonchev–Trinajstić information content (AvgIpc) is 2.68. The molecule has 0 atom stereocenters. The Hall–Kier alpha value is -0.780. The topological polar surface area (TPSA) is 38.5 Å². The van der Waals surface area contributed by atoms with E-state index >= 15 is 0 Å². The molecule has 1 fully saturated rings. The van der Waals surface area contributed by atoms with Gasteiger partial charge < -0.3 is 10.5 Å². The van der Waals surface area contributed by atoms with Crippen LogP contribution >= 0.6 is 24.0 Å². The molecule has 0 amide bonds. The molecule has 1 aromatic carbocycles. The van der Waals surface area contributed by atoms with Gasteiger partial charge in [-0.25, -0.2) is 0 Å². The first-order valence-electron chi connectivity index (χ1n) is 6.59. The summed E-state index contributed by atoms with van der Waals surface area (Å²) in [7, 11) is 0. The third-order valence-electron chi connectivity index (χ3n) is 3.13. The molecule has 0 spiro atoms. The van der Waals surface area contributed by atoms with Crippen LogP contribution in [0.3, 0.4) is 0 Å². The normalized spacial score (nSPS) is 16.8. The van der Waals surface area contributed by atoms with Crippen molar-refractivity contribution < 1.29 is 4.74 Å². The highest BCUT2D eigenvalue weighted by Gasteiger charge is 2.10. The zero-order valence-electron chi connectivity index (χ0n) is 11.0. The summed E-state index contributed by atoms with van der Waals surface area (Å²) in [6.07, 6.45) is 1.27. The van der Waals surface area contributed by atoms with Gasteiger partial charge in [0.15, 0.2) is 0 Å². The summed E-state index contributed by atoms with van der Waals surface area (Å²) in [5.41, 5.74) is 6.51. The van der Waals surface area contributed by atoms with E-state index in [-0.39, 0.29) is 0 Å². The predicted octanol–water partition coefficient (Wildman–Crippen LogP) is 2.14. The molecule has 0 saturated carbocycles. The summed E-state index contributed by atoms with van der Waals surface area (Å²) in [6, 6.07) is 7.69. The number of thioether (sulfide) groups is 1. The predicted molar refractivity (Wildman–Crippen MR) is 86.2 cm³/mol. The summed E-state index contributed by atoms with van der Waals surface area (Å²) in [4.78, 5) is 2.85. The molecular weight excluding hydrogens is 276 g/mol. The maximum absolute atomic E-state index is 5.83. The van der Waals surface area contributed by atoms with Crippen molar-refractivity contribution in [3.63, 3.8) is 0 Å². The van der Waals surface area contributed by atoms with Gasteiger partial charge in [-0.1, -0.05) is 24.4 Å². The Morgan fingerprint density at radius 3 is 3.00 bits per heavy atom. The molecule has 0 aliphatic carbocycles. The number of thiocarbonyl (C=S) groups is 1. The van der Waals surface area contributed by atoms with E-state index in [1.807, 2.05) is 36.0 Å². The maximum atomic E-state index is 5.83. The van der Waals surface area contributed by atoms with Gasteiger partial charge in [0, 0.05) is 18.8 Å². The van der Waals surface area contributed by atoms with Crippen LogP contribution in [0.1, 0.15) is 12.0 Å². The summed E-state index contributed by atoms with van der Waals surface area (Å²) in [5, 5.41) is 0. The molecule has 1 aliphatic heterocycles. The van der Waals surface area contributed by atoms with Crippen LogP contribution in [0.5, 0.6) is 5.75 Å². The fraction of sp³-hybridized carbons (Fsp3) is 0.500. The van der Waals surface area contributed by atoms with Gasteiger partial charge >= 0.3 is 0 Å². The largest absolute Gasteiger partial charge is 0.492 e. The van der Waals surface area contributed by atoms with Gasteiger partial charge in [0.05, 0.1) is 5.56 Å². The number of nitrogens with zero attached hydrogens (tertiary/aromatic N) is 1. The van der Waals surface area contributed by atoms with Crippen LogP contribution in [-0.4, -0.2) is 47.6 Å². The van der Waals surface area contributed by atoms with Crippen LogP contribution in [0, 0.1) is 0 Å². The second kappa shape index (κ2) is 7.72. The minimum atomic E-state index is 0.391. The van der Waals surface area contributed by atoms with E-state index in [1.54, 1.807) is 0 Å². The van der Waals surface area contributed by atoms with Gasteiger partial charge in [-0.3, -0.25) is 4.90 Å². The second-order valence-corrected chi connectivity index (χ2v) is 6.18. The van der Waals surface area contributed by atoms with Crippen molar-refractivity contribution in [2.24, 2.45) is 5.73 Å². The molecular formula is C14H20N2OS2. The molecule has 0 bridgehead atoms. The van der Waals surface area contributed by atoms with Crippen molar-refractivity contribution in [3.8, 4) is 5.75 Å². The Balaban J connectivity index is 1.83. The van der Waals surface area contributed by atoms with Crippen molar-refractivity contribution in [1.29, 1.82) is 0 Å². The number of para-hydroxylation sites is 1. The lowest BCUT2D eigenvalue weighted by Gasteiger charge is -2.20. The number of nitrogens with two attached hydrogens (primary N) is 1. The van der Waals surface area contributed by atoms with E-state index < -0.39 is 0 Å². The van der Waals surface area contributed by atoms with Crippen molar-refractivity contribution in [2.75, 3.05) is 37.7 Å². The van der Waals surface area contributed by atoms with Gasteiger partial charge in [0.25, 0.3) is 0 Å². The Bertz CT molecular complexity index is 418. The number of hydrogen-bond acceptors (Lipinski definition) is 4. The highest BCUT2D eigenvalue weighted by Crippen LogP contribution is 2.17. The number of rotatable bonds is 5. The molecule has 2 N–H and O–H groups in total. The molecule has 0 unspecified atom stereocenters. The molecule has 1 aromatic rings. The first-order chi connectivity index (χ1) is 9.27. The van der Waals surface area contributed by atoms with Crippen molar-refractivity contribution in [1.82, 2.24) is 4.90 Å². The Kier molecular flexibility index (Phi) is 5.94. The molecule has 104 valence electrons. The maximum Gasteiger partial charge on any atom is 0.129 e. The summed E-state index contributed by atoms with van der Waals surface area (Å²) < 4.78 is 5.83. The molecule has 0 aromatic heterocycles. The molecule has 1 aliphatic rings. The minimum absolute atomic E-state index is 0.391. The lowest BCUT2D eigenvalue weighted by molar-refractivity contribution is 0.219. The van der Waals surface area contributed by atoms with Gasteiger partial charge in [0.1, 0.15) is 17.3 Å². The molecule has 0 radical (unpaired) electrons. The smallest absolute Gasteiger partial charge is 0.129 e. The van der Waals surface area contributed by atoms with Gasteiger partial charge in [0.2, 0.25) is 0 Å². The fourth-order valence-electron chi connectivity index (χ4n) is 2.10. The van der Waals surface area contributed by atoms with E-state index in [0.29, 0.717) is 11.6 Å². The lowest BCUT2D eigenvalue weighted by atomic mass is 10.2. The van der Waals surface area contributed by atoms with Gasteiger partial charge in [-0.2, -0.15) is 11.8 Å². The van der Waals surface area contributed by atoms with Crippen LogP contribution in [0.15, 0.2) is 24.3 Å². The van der Waals surface area contributed by atoms with Crippen LogP contribution in [0.2, 0.25) is 0 Å². The fourth-order valence-corrected chi connectivity index (χ4v) is 3.20. The second-order valence-electron chi connectivity index (χ2n) is 4.52. The lowest BCUT2D eigenvalue weighted by Crippen LogP contribution is -2.30. The molecule has 2 rings (SSSR count). The standard InChI is InChI=1S/C14H20N2OS2/c15-14(18)12-4-1-2-5-13(12)17-9-7-16-6-3-10-19-11-8-16/h1-2,4-5H,3,6-11H2,(H2,15,18). The van der Waals surface area contributed by atoms with Crippen molar-refractivity contribution in [2.45, 2.75) is 6.42 Å². The van der Waals surface area contributed by atoms with Crippen LogP contribution in [0.25, 0.3) is 0 Å². The van der Waals surface area contributed by atoms with E-state index in [2.05, 4.69) is 4.90 Å². The summed E-state index contributed by atoms with van der Waals surface area (Å²) >= 11 is 7.07. The van der Waals surface area contributed by atoms with E-state index in [1.165, 1.54) is 24.5 Å². The first-order valence-corrected chi connectivity index (χ1v) is 8.15. The minimum Gasteiger partial charge on any atom is -0.492 e. The monoisotopic (exact) mass is 296 g/mol. The van der Waals surface area contributed by atoms with E-state index in [4.69, 9.17) is 22.7 Å². The average molecular weight is 296 g/mol. The highest BCUT2D eigenvalue weighted by atomic mass is 32.2. The van der Waals surface area contributed by atoms with E-state index in [0.717, 1.165) is 24.4 Å². The third kappa shape index (κ3) is 4.67. The Morgan fingerprint density at radius 1 is 1.32 bits per heavy atom. The van der Waals surface area contributed by atoms with Crippen molar-refractivity contribution in [3.05, 3.63) is 29.8 Å². The Labute approximate surface area is 124 Å². The number of hydrogen-bond donors (Lipinski definition) is 1. The zero-order chi connectivity index (χ0) is 13.5.